The highest BCUT2D eigenvalue weighted by Gasteiger charge is 2.12. The zero-order chi connectivity index (χ0) is 16.1. The first kappa shape index (κ1) is 16.5. The molecule has 0 spiro atoms. The lowest BCUT2D eigenvalue weighted by Crippen LogP contribution is -1.99. The third-order valence-electron chi connectivity index (χ3n) is 3.02. The first-order valence-electron chi connectivity index (χ1n) is 6.73. The number of hydrogen-bond donors (Lipinski definition) is 1. The topological polar surface area (TPSA) is 64.4 Å². The molecule has 0 unspecified atom stereocenters. The molecule has 0 saturated carbocycles. The molecule has 118 valence electrons. The molecule has 0 radical (unpaired) electrons. The quantitative estimate of drug-likeness (QED) is 0.646. The SMILES string of the molecule is CCCc1n[nH]c(=S)n1/N=C\c1ccc(OC)c(OC)c1Cl. The fourth-order valence-corrected chi connectivity index (χ4v) is 2.43. The van der Waals surface area contributed by atoms with E-state index in [9.17, 15) is 0 Å². The predicted octanol–water partition coefficient (Wildman–Crippen LogP) is 3.45. The van der Waals surface area contributed by atoms with Gasteiger partial charge in [0.15, 0.2) is 17.3 Å². The van der Waals surface area contributed by atoms with Crippen molar-refractivity contribution in [2.75, 3.05) is 14.2 Å². The van der Waals surface area contributed by atoms with Crippen molar-refractivity contribution in [2.45, 2.75) is 19.8 Å². The van der Waals surface area contributed by atoms with E-state index in [0.717, 1.165) is 18.7 Å². The van der Waals surface area contributed by atoms with Gasteiger partial charge in [-0.3, -0.25) is 5.10 Å². The Bertz CT molecular complexity index is 739. The molecule has 6 nitrogen and oxygen atoms in total. The first-order valence-corrected chi connectivity index (χ1v) is 7.52. The molecule has 0 aliphatic carbocycles. The number of rotatable bonds is 6. The van der Waals surface area contributed by atoms with Crippen molar-refractivity contribution >= 4 is 30.0 Å². The molecular weight excluding hydrogens is 324 g/mol. The smallest absolute Gasteiger partial charge is 0.216 e. The van der Waals surface area contributed by atoms with Crippen LogP contribution >= 0.6 is 23.8 Å². The van der Waals surface area contributed by atoms with Crippen molar-refractivity contribution in [3.8, 4) is 11.5 Å². The molecule has 0 aliphatic rings. The number of nitrogens with zero attached hydrogens (tertiary/aromatic N) is 3. The summed E-state index contributed by atoms with van der Waals surface area (Å²) in [7, 11) is 3.10. The number of hydrogen-bond acceptors (Lipinski definition) is 5. The van der Waals surface area contributed by atoms with Crippen molar-refractivity contribution in [1.29, 1.82) is 0 Å². The lowest BCUT2D eigenvalue weighted by atomic mass is 10.2. The Morgan fingerprint density at radius 1 is 1.41 bits per heavy atom. The summed E-state index contributed by atoms with van der Waals surface area (Å²) in [5, 5.41) is 11.7. The molecule has 2 aromatic rings. The largest absolute Gasteiger partial charge is 0.493 e. The van der Waals surface area contributed by atoms with Gasteiger partial charge < -0.3 is 9.47 Å². The van der Waals surface area contributed by atoms with Crippen molar-refractivity contribution < 1.29 is 9.47 Å². The van der Waals surface area contributed by atoms with Gasteiger partial charge in [0.05, 0.1) is 25.5 Å². The van der Waals surface area contributed by atoms with E-state index in [1.807, 2.05) is 0 Å². The van der Waals surface area contributed by atoms with Crippen molar-refractivity contribution in [1.82, 2.24) is 14.9 Å². The number of halogens is 1. The highest BCUT2D eigenvalue weighted by Crippen LogP contribution is 2.36. The van der Waals surface area contributed by atoms with Gasteiger partial charge in [-0.15, -0.1) is 0 Å². The molecule has 1 aromatic heterocycles. The molecule has 1 aromatic carbocycles. The Morgan fingerprint density at radius 2 is 2.18 bits per heavy atom. The lowest BCUT2D eigenvalue weighted by molar-refractivity contribution is 0.355. The molecule has 1 heterocycles. The molecule has 22 heavy (non-hydrogen) atoms. The van der Waals surface area contributed by atoms with Crippen molar-refractivity contribution in [3.05, 3.63) is 33.3 Å². The Kier molecular flexibility index (Phi) is 5.57. The number of benzene rings is 1. The van der Waals surface area contributed by atoms with Crippen LogP contribution < -0.4 is 9.47 Å². The summed E-state index contributed by atoms with van der Waals surface area (Å²) in [6.45, 7) is 2.07. The van der Waals surface area contributed by atoms with Crippen LogP contribution in [0.1, 0.15) is 24.7 Å². The third kappa shape index (κ3) is 3.31. The summed E-state index contributed by atoms with van der Waals surface area (Å²) in [6, 6.07) is 3.57. The maximum absolute atomic E-state index is 6.32. The van der Waals surface area contributed by atoms with Gasteiger partial charge in [0.25, 0.3) is 0 Å². The van der Waals surface area contributed by atoms with Crippen molar-refractivity contribution in [2.24, 2.45) is 5.10 Å². The standard InChI is InChI=1S/C14H17ClN4O2S/c1-4-5-11-17-18-14(22)19(11)16-8-9-6-7-10(20-2)13(21-3)12(9)15/h6-8H,4-5H2,1-3H3,(H,18,22)/b16-8-. The first-order chi connectivity index (χ1) is 10.6. The average molecular weight is 341 g/mol. The van der Waals surface area contributed by atoms with E-state index in [4.69, 9.17) is 33.3 Å². The maximum Gasteiger partial charge on any atom is 0.216 e. The molecule has 1 N–H and O–H groups in total. The van der Waals surface area contributed by atoms with E-state index in [1.54, 1.807) is 30.1 Å². The molecule has 0 saturated heterocycles. The highest BCUT2D eigenvalue weighted by atomic mass is 35.5. The fourth-order valence-electron chi connectivity index (χ4n) is 1.95. The van der Waals surface area contributed by atoms with Crippen LogP contribution in [0.15, 0.2) is 17.2 Å². The summed E-state index contributed by atoms with van der Waals surface area (Å²) < 4.78 is 12.5. The number of methoxy groups -OCH3 is 2. The molecule has 0 atom stereocenters. The molecule has 8 heteroatoms. The average Bonchev–Trinajstić information content (AvgIpc) is 2.86. The number of aryl methyl sites for hydroxylation is 1. The monoisotopic (exact) mass is 340 g/mol. The second-order valence-electron chi connectivity index (χ2n) is 4.46. The van der Waals surface area contributed by atoms with Crippen LogP contribution in [0.3, 0.4) is 0 Å². The Hall–Kier alpha value is -1.86. The van der Waals surface area contributed by atoms with Crippen LogP contribution in [0.25, 0.3) is 0 Å². The summed E-state index contributed by atoms with van der Waals surface area (Å²) in [5.74, 6) is 1.81. The minimum Gasteiger partial charge on any atom is -0.493 e. The number of nitrogens with one attached hydrogen (secondary N) is 1. The van der Waals surface area contributed by atoms with Crippen LogP contribution in [0.4, 0.5) is 0 Å². The van der Waals surface area contributed by atoms with Gasteiger partial charge in [-0.25, -0.2) is 0 Å². The van der Waals surface area contributed by atoms with Gasteiger partial charge in [-0.05, 0) is 30.8 Å². The normalized spacial score (nSPS) is 11.1. The van der Waals surface area contributed by atoms with Gasteiger partial charge in [0, 0.05) is 12.0 Å². The molecule has 0 bridgehead atoms. The molecule has 0 amide bonds. The third-order valence-corrected chi connectivity index (χ3v) is 3.67. The molecule has 0 aliphatic heterocycles. The number of aromatic nitrogens is 3. The van der Waals surface area contributed by atoms with E-state index >= 15 is 0 Å². The van der Waals surface area contributed by atoms with Crippen LogP contribution in [0, 0.1) is 4.77 Å². The van der Waals surface area contributed by atoms with E-state index < -0.39 is 0 Å². The van der Waals surface area contributed by atoms with Crippen LogP contribution in [0.2, 0.25) is 5.02 Å². The van der Waals surface area contributed by atoms with Crippen LogP contribution in [-0.4, -0.2) is 35.3 Å². The molecular formula is C14H17ClN4O2S. The zero-order valence-corrected chi connectivity index (χ0v) is 14.2. The van der Waals surface area contributed by atoms with Gasteiger partial charge in [0.1, 0.15) is 0 Å². The van der Waals surface area contributed by atoms with Gasteiger partial charge in [-0.2, -0.15) is 14.9 Å². The summed E-state index contributed by atoms with van der Waals surface area (Å²) in [5.41, 5.74) is 0.699. The van der Waals surface area contributed by atoms with Crippen molar-refractivity contribution in [3.63, 3.8) is 0 Å². The van der Waals surface area contributed by atoms with E-state index in [1.165, 1.54) is 7.11 Å². The number of H-pyrrole nitrogens is 1. The second kappa shape index (κ2) is 7.42. The summed E-state index contributed by atoms with van der Waals surface area (Å²) >= 11 is 11.5. The Balaban J connectivity index is 2.39. The van der Waals surface area contributed by atoms with Gasteiger partial charge in [-0.1, -0.05) is 18.5 Å². The minimum absolute atomic E-state index is 0.428. The molecule has 0 fully saturated rings. The maximum atomic E-state index is 6.32. The highest BCUT2D eigenvalue weighted by molar-refractivity contribution is 7.71. The Labute approximate surface area is 138 Å². The van der Waals surface area contributed by atoms with E-state index in [-0.39, 0.29) is 0 Å². The fraction of sp³-hybridized carbons (Fsp3) is 0.357. The minimum atomic E-state index is 0.428. The van der Waals surface area contributed by atoms with Crippen LogP contribution in [-0.2, 0) is 6.42 Å². The lowest BCUT2D eigenvalue weighted by Gasteiger charge is -2.10. The van der Waals surface area contributed by atoms with Gasteiger partial charge >= 0.3 is 0 Å². The summed E-state index contributed by atoms with van der Waals surface area (Å²) in [4.78, 5) is 0. The predicted molar refractivity (Wildman–Crippen MR) is 89.0 cm³/mol. The second-order valence-corrected chi connectivity index (χ2v) is 5.22. The molecule has 2 rings (SSSR count). The number of aromatic amines is 1. The number of ether oxygens (including phenoxy) is 2. The van der Waals surface area contributed by atoms with E-state index in [0.29, 0.717) is 26.9 Å². The zero-order valence-electron chi connectivity index (χ0n) is 12.6. The summed E-state index contributed by atoms with van der Waals surface area (Å²) in [6.07, 6.45) is 3.35. The van der Waals surface area contributed by atoms with Gasteiger partial charge in [0.2, 0.25) is 4.77 Å². The van der Waals surface area contributed by atoms with Crippen LogP contribution in [0.5, 0.6) is 11.5 Å². The Morgan fingerprint density at radius 3 is 2.82 bits per heavy atom. The van der Waals surface area contributed by atoms with E-state index in [2.05, 4.69) is 22.2 Å².